The number of nitrogens with zero attached hydrogens (tertiary/aromatic N) is 7. The van der Waals surface area contributed by atoms with Crippen LogP contribution in [0.25, 0.3) is 0 Å². The van der Waals surface area contributed by atoms with E-state index in [0.29, 0.717) is 59.9 Å². The van der Waals surface area contributed by atoms with Gasteiger partial charge in [-0.3, -0.25) is 19.6 Å². The van der Waals surface area contributed by atoms with Crippen LogP contribution < -0.4 is 5.48 Å². The van der Waals surface area contributed by atoms with Gasteiger partial charge in [-0.2, -0.15) is 0 Å². The Morgan fingerprint density at radius 2 is 0.870 bits per heavy atom. The van der Waals surface area contributed by atoms with Crippen molar-refractivity contribution in [1.82, 2.24) is 40.3 Å². The van der Waals surface area contributed by atoms with Gasteiger partial charge in [0.1, 0.15) is 28.4 Å². The summed E-state index contributed by atoms with van der Waals surface area (Å²) in [6.07, 6.45) is 0. The molecule has 0 amide bonds. The molecule has 1 N–H and O–H groups in total. The smallest absolute Gasteiger partial charge is 0.221 e. The van der Waals surface area contributed by atoms with Gasteiger partial charge in [0.2, 0.25) is 23.5 Å². The van der Waals surface area contributed by atoms with E-state index in [4.69, 9.17) is 54.2 Å². The summed E-state index contributed by atoms with van der Waals surface area (Å²) < 4.78 is 0.111. The van der Waals surface area contributed by atoms with Crippen molar-refractivity contribution in [3.63, 3.8) is 0 Å². The van der Waals surface area contributed by atoms with Gasteiger partial charge in [-0.1, -0.05) is 88.3 Å². The Balaban J connectivity index is 0.000000664. The third-order valence-corrected chi connectivity index (χ3v) is 6.15. The second-order valence-electron chi connectivity index (χ2n) is 8.74. The summed E-state index contributed by atoms with van der Waals surface area (Å²) in [4.78, 5) is 28.4. The van der Waals surface area contributed by atoms with E-state index >= 15 is 0 Å². The molecule has 4 aliphatic rings. The lowest BCUT2D eigenvalue weighted by Gasteiger charge is -2.25. The molecule has 0 atom stereocenters. The molecule has 0 aromatic carbocycles. The molecule has 4 aliphatic heterocycles. The van der Waals surface area contributed by atoms with E-state index in [1.54, 1.807) is 4.90 Å². The maximum Gasteiger partial charge on any atom is 0.221 e. The first-order valence-corrected chi connectivity index (χ1v) is 14.6. The van der Waals surface area contributed by atoms with E-state index in [0.717, 1.165) is 18.9 Å². The largest absolute Gasteiger partial charge is 0.363 e. The van der Waals surface area contributed by atoms with E-state index in [1.165, 1.54) is 15.2 Å². The number of hydroxylamine groups is 7. The zero-order valence-corrected chi connectivity index (χ0v) is 28.8. The molecule has 0 bridgehead atoms. The van der Waals surface area contributed by atoms with Crippen LogP contribution in [0.3, 0.4) is 0 Å². The molecule has 46 heavy (non-hydrogen) atoms. The van der Waals surface area contributed by atoms with Crippen LogP contribution in [0.5, 0.6) is 0 Å². The molecule has 0 spiro atoms. The molecule has 0 radical (unpaired) electrons. The van der Waals surface area contributed by atoms with E-state index in [1.807, 2.05) is 42.4 Å². The Bertz CT molecular complexity index is 1220. The SMILES string of the molecule is C.C=C(Cl)Cl.C=C1NOC(=C)N1CC.C=C1ON(C(=C)Cl)C(=C)N1CC.C=C1ON(C(=C)N2OC(=C)N(CC)C2=C)C(=C)N1CC. The van der Waals surface area contributed by atoms with Gasteiger partial charge in [0.15, 0.2) is 5.82 Å². The summed E-state index contributed by atoms with van der Waals surface area (Å²) in [6, 6.07) is 0. The summed E-state index contributed by atoms with van der Waals surface area (Å²) in [6.45, 7) is 51.9. The lowest BCUT2D eigenvalue weighted by atomic mass is 10.5. The topological polar surface area (TPSA) is 71.6 Å². The first-order chi connectivity index (χ1) is 21.0. The second-order valence-corrected chi connectivity index (χ2v) is 10.3. The fourth-order valence-electron chi connectivity index (χ4n) is 3.88. The van der Waals surface area contributed by atoms with Crippen molar-refractivity contribution in [1.29, 1.82) is 0 Å². The minimum absolute atomic E-state index is 0. The second kappa shape index (κ2) is 18.5. The first kappa shape index (κ1) is 41.6. The van der Waals surface area contributed by atoms with Crippen molar-refractivity contribution in [2.75, 3.05) is 26.2 Å². The minimum atomic E-state index is 0. The fourth-order valence-corrected chi connectivity index (χ4v) is 4.01. The summed E-state index contributed by atoms with van der Waals surface area (Å²) in [5.41, 5.74) is 2.60. The normalized spacial score (nSPS) is 16.6. The predicted octanol–water partition coefficient (Wildman–Crippen LogP) is 8.05. The van der Waals surface area contributed by atoms with Crippen LogP contribution in [0, 0.1) is 0 Å². The molecule has 0 aliphatic carbocycles. The average Bonchev–Trinajstić information content (AvgIpc) is 3.64. The average molecular weight is 702 g/mol. The molecule has 4 heterocycles. The van der Waals surface area contributed by atoms with Crippen LogP contribution in [-0.4, -0.2) is 61.0 Å². The maximum atomic E-state index is 5.64. The number of rotatable bonds is 7. The molecule has 4 fully saturated rings. The quantitative estimate of drug-likeness (QED) is 0.261. The fraction of sp³-hybridized carbons (Fsp3) is 0.290. The maximum absolute atomic E-state index is 5.64. The molecule has 0 aromatic heterocycles. The predicted molar refractivity (Wildman–Crippen MR) is 187 cm³/mol. The van der Waals surface area contributed by atoms with Gasteiger partial charge in [0, 0.05) is 26.2 Å². The van der Waals surface area contributed by atoms with Gasteiger partial charge >= 0.3 is 0 Å². The molecule has 12 nitrogen and oxygen atoms in total. The van der Waals surface area contributed by atoms with Crippen molar-refractivity contribution in [3.05, 3.63) is 135 Å². The van der Waals surface area contributed by atoms with Crippen LogP contribution in [0.1, 0.15) is 35.1 Å². The van der Waals surface area contributed by atoms with Crippen molar-refractivity contribution in [2.24, 2.45) is 0 Å². The zero-order valence-electron chi connectivity index (χ0n) is 26.5. The lowest BCUT2D eigenvalue weighted by Crippen LogP contribution is -2.30. The van der Waals surface area contributed by atoms with Gasteiger partial charge in [-0.25, -0.2) is 5.48 Å². The van der Waals surface area contributed by atoms with Gasteiger partial charge in [-0.05, 0) is 54.0 Å². The van der Waals surface area contributed by atoms with Gasteiger partial charge in [-0.15, -0.1) is 15.2 Å². The first-order valence-electron chi connectivity index (χ1n) is 13.5. The number of nitrogens with one attached hydrogen (secondary N) is 1. The Morgan fingerprint density at radius 1 is 0.565 bits per heavy atom. The minimum Gasteiger partial charge on any atom is -0.363 e. The third-order valence-electron chi connectivity index (χ3n) is 6.00. The van der Waals surface area contributed by atoms with Crippen molar-refractivity contribution < 1.29 is 19.4 Å². The van der Waals surface area contributed by atoms with Crippen molar-refractivity contribution in [3.8, 4) is 0 Å². The van der Waals surface area contributed by atoms with Crippen LogP contribution in [-0.2, 0) is 19.4 Å². The highest BCUT2D eigenvalue weighted by molar-refractivity contribution is 6.55. The molecule has 4 rings (SSSR count). The Kier molecular flexibility index (Phi) is 16.8. The molecule has 0 unspecified atom stereocenters. The zero-order chi connectivity index (χ0) is 34.8. The highest BCUT2D eigenvalue weighted by Crippen LogP contribution is 2.36. The molecular formula is C31H47Cl3N8O4. The number of halogens is 3. The number of hydrogen-bond acceptors (Lipinski definition) is 12. The van der Waals surface area contributed by atoms with Crippen molar-refractivity contribution in [2.45, 2.75) is 35.1 Å². The van der Waals surface area contributed by atoms with E-state index in [-0.39, 0.29) is 17.1 Å². The summed E-state index contributed by atoms with van der Waals surface area (Å²) in [5.74, 6) is 5.20. The molecule has 0 aromatic rings. The van der Waals surface area contributed by atoms with Gasteiger partial charge in [0.25, 0.3) is 0 Å². The third kappa shape index (κ3) is 10.1. The molecule has 256 valence electrons. The summed E-state index contributed by atoms with van der Waals surface area (Å²) in [5, 5.41) is 4.54. The van der Waals surface area contributed by atoms with Gasteiger partial charge < -0.3 is 19.4 Å². The monoisotopic (exact) mass is 700 g/mol. The van der Waals surface area contributed by atoms with Crippen LogP contribution in [0.2, 0.25) is 0 Å². The van der Waals surface area contributed by atoms with Crippen LogP contribution in [0.4, 0.5) is 0 Å². The molecule has 15 heteroatoms. The van der Waals surface area contributed by atoms with E-state index in [2.05, 4.69) is 77.8 Å². The van der Waals surface area contributed by atoms with Crippen LogP contribution >= 0.6 is 34.8 Å². The standard InChI is InChI=1S/C14H20N4O2.C8H11ClN2O.C6H10N2O.C2H2Cl2.CH4/c1-8-15-10(3)17(19-13(15)6)12(5)18-11(4)16(9-2)14(7)20-18;1-5-10-7(3)11(6(2)9)12-8(10)4;1-4-8-5(2)7-9-6(8)3;1-2(3)4;/h3-9H2,1-2H3;2-5H2,1H3;7H,2-4H2,1H3;1H2;1H4. The highest BCUT2D eigenvalue weighted by atomic mass is 35.5. The highest BCUT2D eigenvalue weighted by Gasteiger charge is 2.38. The lowest BCUT2D eigenvalue weighted by molar-refractivity contribution is -0.114. The van der Waals surface area contributed by atoms with Gasteiger partial charge in [0.05, 0.1) is 4.49 Å². The summed E-state index contributed by atoms with van der Waals surface area (Å²) in [7, 11) is 0. The van der Waals surface area contributed by atoms with Crippen molar-refractivity contribution >= 4 is 34.8 Å². The Hall–Kier alpha value is -4.39. The molecule has 4 saturated heterocycles. The van der Waals surface area contributed by atoms with E-state index in [9.17, 15) is 0 Å². The van der Waals surface area contributed by atoms with E-state index < -0.39 is 0 Å². The molecular weight excluding hydrogens is 655 g/mol. The molecule has 0 saturated carbocycles. The summed E-state index contributed by atoms with van der Waals surface area (Å²) >= 11 is 15.3. The Labute approximate surface area is 289 Å². The Morgan fingerprint density at radius 3 is 1.07 bits per heavy atom. The number of hydrogen-bond donors (Lipinski definition) is 1. The van der Waals surface area contributed by atoms with Crippen LogP contribution in [0.15, 0.2) is 135 Å².